The topological polar surface area (TPSA) is 35.5 Å². The van der Waals surface area contributed by atoms with Gasteiger partial charge < -0.3 is 10.4 Å². The largest absolute Gasteiger partial charge is 0.394 e. The number of halogens is 2. The second kappa shape index (κ2) is 5.91. The third-order valence-corrected chi connectivity index (χ3v) is 3.70. The third-order valence-electron chi connectivity index (χ3n) is 3.09. The van der Waals surface area contributed by atoms with Gasteiger partial charge in [0.2, 0.25) is 0 Å². The van der Waals surface area contributed by atoms with Crippen molar-refractivity contribution in [1.82, 2.24) is 10.2 Å². The third kappa shape index (κ3) is 3.04. The Kier molecular flexibility index (Phi) is 4.50. The molecule has 94 valence electrons. The highest BCUT2D eigenvalue weighted by molar-refractivity contribution is 9.10. The van der Waals surface area contributed by atoms with Crippen molar-refractivity contribution in [1.29, 1.82) is 0 Å². The first-order valence-electron chi connectivity index (χ1n) is 5.73. The van der Waals surface area contributed by atoms with Crippen LogP contribution >= 0.6 is 15.9 Å². The van der Waals surface area contributed by atoms with Crippen LogP contribution in [0.3, 0.4) is 0 Å². The molecule has 0 radical (unpaired) electrons. The van der Waals surface area contributed by atoms with Gasteiger partial charge in [0.25, 0.3) is 0 Å². The van der Waals surface area contributed by atoms with Crippen molar-refractivity contribution in [3.63, 3.8) is 0 Å². The normalized spacial score (nSPS) is 19.2. The minimum Gasteiger partial charge on any atom is -0.394 e. The van der Waals surface area contributed by atoms with Crippen molar-refractivity contribution < 1.29 is 9.50 Å². The van der Waals surface area contributed by atoms with Crippen LogP contribution in [0, 0.1) is 5.82 Å². The zero-order valence-corrected chi connectivity index (χ0v) is 11.1. The van der Waals surface area contributed by atoms with Crippen LogP contribution in [0.2, 0.25) is 0 Å². The van der Waals surface area contributed by atoms with Gasteiger partial charge >= 0.3 is 0 Å². The number of hydrogen-bond acceptors (Lipinski definition) is 3. The molecule has 1 aromatic rings. The fourth-order valence-corrected chi connectivity index (χ4v) is 2.54. The number of aliphatic hydroxyl groups is 1. The maximum Gasteiger partial charge on any atom is 0.137 e. The lowest BCUT2D eigenvalue weighted by Gasteiger charge is -2.34. The van der Waals surface area contributed by atoms with Crippen LogP contribution in [0.15, 0.2) is 22.7 Å². The van der Waals surface area contributed by atoms with Gasteiger partial charge in [-0.25, -0.2) is 4.39 Å². The lowest BCUT2D eigenvalue weighted by atomic mass is 10.1. The predicted molar refractivity (Wildman–Crippen MR) is 68.4 cm³/mol. The van der Waals surface area contributed by atoms with Gasteiger partial charge in [-0.1, -0.05) is 6.07 Å². The Bertz CT molecular complexity index is 383. The van der Waals surface area contributed by atoms with Gasteiger partial charge in [-0.05, 0) is 33.6 Å². The van der Waals surface area contributed by atoms with Crippen LogP contribution in [0.4, 0.5) is 4.39 Å². The molecule has 0 amide bonds. The van der Waals surface area contributed by atoms with Crippen LogP contribution in [0.25, 0.3) is 0 Å². The van der Waals surface area contributed by atoms with E-state index in [2.05, 4.69) is 26.1 Å². The van der Waals surface area contributed by atoms with E-state index in [0.29, 0.717) is 4.47 Å². The fourth-order valence-electron chi connectivity index (χ4n) is 2.15. The summed E-state index contributed by atoms with van der Waals surface area (Å²) in [7, 11) is 0. The summed E-state index contributed by atoms with van der Waals surface area (Å²) in [6.07, 6.45) is 0. The summed E-state index contributed by atoms with van der Waals surface area (Å²) < 4.78 is 13.6. The van der Waals surface area contributed by atoms with Crippen LogP contribution < -0.4 is 5.32 Å². The van der Waals surface area contributed by atoms with Crippen LogP contribution in [0.5, 0.6) is 0 Å². The molecule has 0 bridgehead atoms. The minimum atomic E-state index is -0.272. The molecule has 2 rings (SSSR count). The first kappa shape index (κ1) is 13.0. The van der Waals surface area contributed by atoms with E-state index in [1.165, 1.54) is 6.07 Å². The van der Waals surface area contributed by atoms with Crippen molar-refractivity contribution in [3.8, 4) is 0 Å². The molecule has 1 atom stereocenters. The van der Waals surface area contributed by atoms with E-state index < -0.39 is 0 Å². The average Bonchev–Trinajstić information content (AvgIpc) is 2.36. The van der Waals surface area contributed by atoms with Crippen molar-refractivity contribution >= 4 is 15.9 Å². The molecule has 1 heterocycles. The van der Waals surface area contributed by atoms with Crippen LogP contribution in [-0.2, 0) is 0 Å². The summed E-state index contributed by atoms with van der Waals surface area (Å²) in [6, 6.07) is 4.87. The lowest BCUT2D eigenvalue weighted by molar-refractivity contribution is 0.110. The molecule has 0 aromatic heterocycles. The van der Waals surface area contributed by atoms with Crippen LogP contribution in [-0.4, -0.2) is 42.8 Å². The number of nitrogens with zero attached hydrogens (tertiary/aromatic N) is 1. The molecule has 0 aliphatic carbocycles. The fraction of sp³-hybridized carbons (Fsp3) is 0.500. The molecule has 17 heavy (non-hydrogen) atoms. The summed E-state index contributed by atoms with van der Waals surface area (Å²) in [5.74, 6) is -0.272. The Morgan fingerprint density at radius 1 is 1.41 bits per heavy atom. The Hall–Kier alpha value is -0.490. The molecule has 1 aliphatic heterocycles. The van der Waals surface area contributed by atoms with Gasteiger partial charge in [0.1, 0.15) is 5.82 Å². The maximum atomic E-state index is 13.2. The van der Waals surface area contributed by atoms with Gasteiger partial charge in [-0.2, -0.15) is 0 Å². The SMILES string of the molecule is OC[C@@H](c1ccc(F)c(Br)c1)N1CCNCC1. The molecular formula is C12H16BrFN2O. The van der Waals surface area contributed by atoms with E-state index >= 15 is 0 Å². The highest BCUT2D eigenvalue weighted by atomic mass is 79.9. The van der Waals surface area contributed by atoms with Gasteiger partial charge in [0.15, 0.2) is 0 Å². The first-order chi connectivity index (χ1) is 8.22. The number of benzene rings is 1. The van der Waals surface area contributed by atoms with E-state index in [4.69, 9.17) is 0 Å². The van der Waals surface area contributed by atoms with Gasteiger partial charge in [-0.15, -0.1) is 0 Å². The van der Waals surface area contributed by atoms with E-state index in [9.17, 15) is 9.50 Å². The van der Waals surface area contributed by atoms with Gasteiger partial charge in [-0.3, -0.25) is 4.90 Å². The van der Waals surface area contributed by atoms with Crippen molar-refractivity contribution in [2.75, 3.05) is 32.8 Å². The van der Waals surface area contributed by atoms with Crippen molar-refractivity contribution in [3.05, 3.63) is 34.1 Å². The van der Waals surface area contributed by atoms with Gasteiger partial charge in [0, 0.05) is 26.2 Å². The minimum absolute atomic E-state index is 0.0472. The quantitative estimate of drug-likeness (QED) is 0.889. The Balaban J connectivity index is 2.18. The molecular weight excluding hydrogens is 287 g/mol. The Morgan fingerprint density at radius 3 is 2.71 bits per heavy atom. The van der Waals surface area contributed by atoms with Crippen LogP contribution in [0.1, 0.15) is 11.6 Å². The average molecular weight is 303 g/mol. The molecule has 1 aromatic carbocycles. The number of aliphatic hydroxyl groups excluding tert-OH is 1. The summed E-state index contributed by atoms with van der Waals surface area (Å²) in [5.41, 5.74) is 0.947. The Labute approximate surface area is 109 Å². The molecule has 5 heteroatoms. The molecule has 0 spiro atoms. The van der Waals surface area contributed by atoms with E-state index in [-0.39, 0.29) is 18.5 Å². The van der Waals surface area contributed by atoms with E-state index in [0.717, 1.165) is 31.7 Å². The maximum absolute atomic E-state index is 13.2. The lowest BCUT2D eigenvalue weighted by Crippen LogP contribution is -2.46. The summed E-state index contributed by atoms with van der Waals surface area (Å²) in [4.78, 5) is 2.22. The molecule has 1 aliphatic rings. The monoisotopic (exact) mass is 302 g/mol. The second-order valence-corrected chi connectivity index (χ2v) is 5.01. The molecule has 1 saturated heterocycles. The molecule has 1 fully saturated rings. The molecule has 3 nitrogen and oxygen atoms in total. The number of hydrogen-bond donors (Lipinski definition) is 2. The molecule has 0 saturated carbocycles. The molecule has 0 unspecified atom stereocenters. The summed E-state index contributed by atoms with van der Waals surface area (Å²) in [6.45, 7) is 3.72. The van der Waals surface area contributed by atoms with Crippen molar-refractivity contribution in [2.45, 2.75) is 6.04 Å². The zero-order valence-electron chi connectivity index (χ0n) is 9.50. The Morgan fingerprint density at radius 2 is 2.12 bits per heavy atom. The van der Waals surface area contributed by atoms with Gasteiger partial charge in [0.05, 0.1) is 17.1 Å². The second-order valence-electron chi connectivity index (χ2n) is 4.16. The predicted octanol–water partition coefficient (Wildman–Crippen LogP) is 1.53. The van der Waals surface area contributed by atoms with Crippen molar-refractivity contribution in [2.24, 2.45) is 0 Å². The number of nitrogens with one attached hydrogen (secondary N) is 1. The first-order valence-corrected chi connectivity index (χ1v) is 6.52. The summed E-state index contributed by atoms with van der Waals surface area (Å²) >= 11 is 3.18. The summed E-state index contributed by atoms with van der Waals surface area (Å²) in [5, 5.41) is 12.8. The molecule has 2 N–H and O–H groups in total. The number of rotatable bonds is 3. The zero-order chi connectivity index (χ0) is 12.3. The number of piperazine rings is 1. The highest BCUT2D eigenvalue weighted by Gasteiger charge is 2.21. The smallest absolute Gasteiger partial charge is 0.137 e. The highest BCUT2D eigenvalue weighted by Crippen LogP contribution is 2.25. The standard InChI is InChI=1S/C12H16BrFN2O/c13-10-7-9(1-2-11(10)14)12(8-17)16-5-3-15-4-6-16/h1-2,7,12,15,17H,3-6,8H2/t12-/m0/s1. The van der Waals surface area contributed by atoms with E-state index in [1.54, 1.807) is 12.1 Å². The van der Waals surface area contributed by atoms with E-state index in [1.807, 2.05) is 0 Å².